The number of methoxy groups -OCH3 is 1. The Labute approximate surface area is 193 Å². The number of carbonyl (C=O) groups excluding carboxylic acids is 1. The Hall–Kier alpha value is -4.18. The summed E-state index contributed by atoms with van der Waals surface area (Å²) in [6, 6.07) is 20.8. The van der Waals surface area contributed by atoms with E-state index >= 15 is 0 Å². The fourth-order valence-corrected chi connectivity index (χ4v) is 3.61. The van der Waals surface area contributed by atoms with Crippen LogP contribution < -0.4 is 10.1 Å². The van der Waals surface area contributed by atoms with Gasteiger partial charge in [-0.25, -0.2) is 0 Å². The lowest BCUT2D eigenvalue weighted by Crippen LogP contribution is -2.13. The van der Waals surface area contributed by atoms with Gasteiger partial charge in [-0.15, -0.1) is 10.2 Å². The number of aromatic nitrogens is 2. The largest absolute Gasteiger partial charge is 0.496 e. The Kier molecular flexibility index (Phi) is 6.65. The number of benzene rings is 3. The minimum Gasteiger partial charge on any atom is -0.496 e. The molecule has 1 heterocycles. The summed E-state index contributed by atoms with van der Waals surface area (Å²) in [5, 5.41) is 21.9. The van der Waals surface area contributed by atoms with E-state index in [-0.39, 0.29) is 22.6 Å². The van der Waals surface area contributed by atoms with Gasteiger partial charge in [0.1, 0.15) is 5.75 Å². The minimum atomic E-state index is -0.436. The van der Waals surface area contributed by atoms with Gasteiger partial charge >= 0.3 is 0 Å². The zero-order chi connectivity index (χ0) is 23.2. The number of hydrogen-bond donors (Lipinski definition) is 1. The summed E-state index contributed by atoms with van der Waals surface area (Å²) < 4.78 is 10.9. The molecule has 1 aromatic heterocycles. The second-order valence-corrected chi connectivity index (χ2v) is 7.72. The van der Waals surface area contributed by atoms with Crippen LogP contribution in [0.25, 0.3) is 22.6 Å². The minimum absolute atomic E-state index is 0.0383. The third kappa shape index (κ3) is 5.36. The Morgan fingerprint density at radius 2 is 1.70 bits per heavy atom. The Morgan fingerprint density at radius 1 is 1.03 bits per heavy atom. The number of carbonyl (C=O) groups is 1. The molecule has 33 heavy (non-hydrogen) atoms. The molecular weight excluding hydrogens is 444 g/mol. The maximum Gasteiger partial charge on any atom is 0.277 e. The van der Waals surface area contributed by atoms with Crippen molar-refractivity contribution in [1.82, 2.24) is 10.2 Å². The number of nitrogens with one attached hydrogen (secondary N) is 1. The van der Waals surface area contributed by atoms with Crippen LogP contribution in [-0.4, -0.2) is 33.9 Å². The molecule has 0 unspecified atom stereocenters. The van der Waals surface area contributed by atoms with E-state index in [0.717, 1.165) is 22.9 Å². The number of non-ortho nitro benzene ring substituents is 1. The fraction of sp³-hybridized carbons (Fsp3) is 0.0870. The van der Waals surface area contributed by atoms with Crippen molar-refractivity contribution < 1.29 is 18.9 Å². The van der Waals surface area contributed by atoms with E-state index in [1.165, 1.54) is 12.1 Å². The van der Waals surface area contributed by atoms with E-state index in [0.29, 0.717) is 22.9 Å². The van der Waals surface area contributed by atoms with Gasteiger partial charge in [0.25, 0.3) is 16.8 Å². The molecule has 4 aromatic rings. The predicted molar refractivity (Wildman–Crippen MR) is 124 cm³/mol. The zero-order valence-corrected chi connectivity index (χ0v) is 18.2. The fourth-order valence-electron chi connectivity index (χ4n) is 3.04. The lowest BCUT2D eigenvalue weighted by Gasteiger charge is -2.06. The molecule has 166 valence electrons. The van der Waals surface area contributed by atoms with Gasteiger partial charge in [0.15, 0.2) is 0 Å². The first-order valence-corrected chi connectivity index (χ1v) is 10.8. The van der Waals surface area contributed by atoms with Crippen molar-refractivity contribution in [3.63, 3.8) is 0 Å². The van der Waals surface area contributed by atoms with Gasteiger partial charge in [-0.05, 0) is 47.5 Å². The summed E-state index contributed by atoms with van der Waals surface area (Å²) in [6.45, 7) is 0. The lowest BCUT2D eigenvalue weighted by atomic mass is 10.1. The molecular formula is C23H18N4O5S. The van der Waals surface area contributed by atoms with Crippen LogP contribution >= 0.6 is 11.8 Å². The third-order valence-corrected chi connectivity index (χ3v) is 5.47. The Bertz CT molecular complexity index is 1270. The van der Waals surface area contributed by atoms with Gasteiger partial charge in [-0.1, -0.05) is 36.0 Å². The summed E-state index contributed by atoms with van der Waals surface area (Å²) in [5.74, 6) is 0.808. The van der Waals surface area contributed by atoms with Crippen molar-refractivity contribution in [2.45, 2.75) is 5.22 Å². The second kappa shape index (κ2) is 9.96. The molecule has 9 nitrogen and oxygen atoms in total. The maximum absolute atomic E-state index is 12.3. The van der Waals surface area contributed by atoms with E-state index in [1.807, 2.05) is 30.3 Å². The monoisotopic (exact) mass is 462 g/mol. The van der Waals surface area contributed by atoms with E-state index < -0.39 is 4.92 Å². The van der Waals surface area contributed by atoms with Crippen molar-refractivity contribution in [3.05, 3.63) is 82.9 Å². The molecule has 0 atom stereocenters. The van der Waals surface area contributed by atoms with Crippen LogP contribution in [0.4, 0.5) is 11.4 Å². The summed E-state index contributed by atoms with van der Waals surface area (Å²) in [6.07, 6.45) is 0. The zero-order valence-electron chi connectivity index (χ0n) is 17.4. The number of amides is 1. The molecule has 10 heteroatoms. The first kappa shape index (κ1) is 22.0. The molecule has 0 fully saturated rings. The quantitative estimate of drug-likeness (QED) is 0.219. The van der Waals surface area contributed by atoms with Gasteiger partial charge in [0, 0.05) is 17.8 Å². The second-order valence-electron chi connectivity index (χ2n) is 6.79. The van der Waals surface area contributed by atoms with Crippen molar-refractivity contribution in [2.75, 3.05) is 18.2 Å². The van der Waals surface area contributed by atoms with Crippen molar-refractivity contribution in [1.29, 1.82) is 0 Å². The highest BCUT2D eigenvalue weighted by Gasteiger charge is 2.14. The highest BCUT2D eigenvalue weighted by molar-refractivity contribution is 7.99. The van der Waals surface area contributed by atoms with Crippen LogP contribution in [0.3, 0.4) is 0 Å². The number of hydrogen-bond acceptors (Lipinski definition) is 8. The van der Waals surface area contributed by atoms with Crippen LogP contribution in [0.1, 0.15) is 0 Å². The first-order valence-electron chi connectivity index (χ1n) is 9.78. The van der Waals surface area contributed by atoms with E-state index in [1.54, 1.807) is 37.4 Å². The number of nitrogens with zero attached hydrogens (tertiary/aromatic N) is 3. The van der Waals surface area contributed by atoms with Gasteiger partial charge in [-0.3, -0.25) is 14.9 Å². The maximum atomic E-state index is 12.3. The van der Waals surface area contributed by atoms with Crippen LogP contribution in [0.5, 0.6) is 5.75 Å². The first-order chi connectivity index (χ1) is 16.0. The number of nitro groups is 1. The summed E-state index contributed by atoms with van der Waals surface area (Å²) >= 11 is 1.13. The van der Waals surface area contributed by atoms with Crippen LogP contribution in [-0.2, 0) is 4.79 Å². The number of para-hydroxylation sites is 1. The number of ether oxygens (including phenoxy) is 1. The molecule has 0 radical (unpaired) electrons. The molecule has 0 spiro atoms. The number of nitro benzene ring substituents is 1. The van der Waals surface area contributed by atoms with Crippen LogP contribution in [0.2, 0.25) is 0 Å². The molecule has 3 aromatic carbocycles. The topological polar surface area (TPSA) is 120 Å². The highest BCUT2D eigenvalue weighted by atomic mass is 32.2. The molecule has 1 amide bonds. The van der Waals surface area contributed by atoms with Gasteiger partial charge in [-0.2, -0.15) is 0 Å². The highest BCUT2D eigenvalue weighted by Crippen LogP contribution is 2.30. The molecule has 0 saturated heterocycles. The summed E-state index contributed by atoms with van der Waals surface area (Å²) in [5.41, 5.74) is 3.07. The van der Waals surface area contributed by atoms with E-state index in [4.69, 9.17) is 9.15 Å². The average molecular weight is 462 g/mol. The van der Waals surface area contributed by atoms with Crippen LogP contribution in [0.15, 0.2) is 82.4 Å². The van der Waals surface area contributed by atoms with Crippen molar-refractivity contribution in [3.8, 4) is 28.3 Å². The Morgan fingerprint density at radius 3 is 2.36 bits per heavy atom. The standard InChI is InChI=1S/C23H18N4O5S/c1-31-20-5-3-2-4-19(20)22-25-26-23(32-22)33-14-21(28)24-17-10-6-15(7-11-17)16-8-12-18(13-9-16)27(29)30/h2-13H,14H2,1H3,(H,24,28). The molecule has 0 bridgehead atoms. The molecule has 0 aliphatic rings. The SMILES string of the molecule is COc1ccccc1-c1nnc(SCC(=O)Nc2ccc(-c3ccc([N+](=O)[O-])cc3)cc2)o1. The van der Waals surface area contributed by atoms with Gasteiger partial charge < -0.3 is 14.5 Å². The van der Waals surface area contributed by atoms with Crippen molar-refractivity contribution >= 4 is 29.0 Å². The molecule has 0 aliphatic heterocycles. The van der Waals surface area contributed by atoms with Gasteiger partial charge in [0.2, 0.25) is 5.91 Å². The third-order valence-electron chi connectivity index (χ3n) is 4.65. The average Bonchev–Trinajstić information content (AvgIpc) is 3.32. The van der Waals surface area contributed by atoms with E-state index in [9.17, 15) is 14.9 Å². The number of rotatable bonds is 8. The van der Waals surface area contributed by atoms with Gasteiger partial charge in [0.05, 0.1) is 23.3 Å². The summed E-state index contributed by atoms with van der Waals surface area (Å²) in [4.78, 5) is 22.7. The number of anilines is 1. The summed E-state index contributed by atoms with van der Waals surface area (Å²) in [7, 11) is 1.56. The molecule has 0 saturated carbocycles. The molecule has 4 rings (SSSR count). The smallest absolute Gasteiger partial charge is 0.277 e. The van der Waals surface area contributed by atoms with Crippen molar-refractivity contribution in [2.24, 2.45) is 0 Å². The lowest BCUT2D eigenvalue weighted by molar-refractivity contribution is -0.384. The molecule has 1 N–H and O–H groups in total. The number of thioether (sulfide) groups is 1. The normalized spacial score (nSPS) is 10.6. The predicted octanol–water partition coefficient (Wildman–Crippen LogP) is 5.05. The molecule has 0 aliphatic carbocycles. The Balaban J connectivity index is 1.33. The van der Waals surface area contributed by atoms with Crippen LogP contribution in [0, 0.1) is 10.1 Å². The van der Waals surface area contributed by atoms with E-state index in [2.05, 4.69) is 15.5 Å².